The number of aromatic nitrogens is 2. The zero-order valence-corrected chi connectivity index (χ0v) is 20.0. The van der Waals surface area contributed by atoms with Crippen molar-refractivity contribution in [2.24, 2.45) is 0 Å². The van der Waals surface area contributed by atoms with Crippen LogP contribution >= 0.6 is 0 Å². The number of anilines is 2. The maximum Gasteiger partial charge on any atom is 0.418 e. The summed E-state index contributed by atoms with van der Waals surface area (Å²) < 4.78 is 41.1. The average Bonchev–Trinajstić information content (AvgIpc) is 3.17. The first-order chi connectivity index (χ1) is 16.3. The molecule has 0 saturated heterocycles. The highest BCUT2D eigenvalue weighted by atomic mass is 19.4. The van der Waals surface area contributed by atoms with Crippen LogP contribution in [-0.2, 0) is 21.2 Å². The zero-order chi connectivity index (χ0) is 25.8. The SMILES string of the molecule is CN(CC(=O)Nc1ccccc1C(F)(F)F)CC(=O)Nc1cc(C(C)(C)C)nn1-c1ccccc1. The lowest BCUT2D eigenvalue weighted by Crippen LogP contribution is -2.36. The summed E-state index contributed by atoms with van der Waals surface area (Å²) in [5.41, 5.74) is 0.0464. The second-order valence-corrected chi connectivity index (χ2v) is 9.22. The summed E-state index contributed by atoms with van der Waals surface area (Å²) in [7, 11) is 1.53. The van der Waals surface area contributed by atoms with Crippen molar-refractivity contribution in [2.45, 2.75) is 32.4 Å². The van der Waals surface area contributed by atoms with Gasteiger partial charge in [-0.05, 0) is 31.3 Å². The minimum atomic E-state index is -4.59. The van der Waals surface area contributed by atoms with Crippen LogP contribution in [-0.4, -0.2) is 46.6 Å². The van der Waals surface area contributed by atoms with Crippen molar-refractivity contribution in [3.05, 3.63) is 71.9 Å². The number of hydrogen-bond donors (Lipinski definition) is 2. The van der Waals surface area contributed by atoms with Gasteiger partial charge in [0, 0.05) is 11.5 Å². The highest BCUT2D eigenvalue weighted by Gasteiger charge is 2.33. The van der Waals surface area contributed by atoms with Crippen LogP contribution in [0.25, 0.3) is 5.69 Å². The van der Waals surface area contributed by atoms with Gasteiger partial charge >= 0.3 is 6.18 Å². The molecule has 1 heterocycles. The van der Waals surface area contributed by atoms with Crippen LogP contribution in [0.3, 0.4) is 0 Å². The van der Waals surface area contributed by atoms with E-state index in [0.29, 0.717) is 5.82 Å². The number of alkyl halides is 3. The Morgan fingerprint density at radius 1 is 0.914 bits per heavy atom. The van der Waals surface area contributed by atoms with Crippen LogP contribution in [0, 0.1) is 0 Å². The molecule has 2 N–H and O–H groups in total. The largest absolute Gasteiger partial charge is 0.418 e. The van der Waals surface area contributed by atoms with Gasteiger partial charge in [0.15, 0.2) is 0 Å². The van der Waals surface area contributed by atoms with Crippen molar-refractivity contribution in [1.29, 1.82) is 0 Å². The number of amides is 2. The lowest BCUT2D eigenvalue weighted by atomic mass is 9.92. The van der Waals surface area contributed by atoms with Gasteiger partial charge in [-0.1, -0.05) is 51.1 Å². The molecular weight excluding hydrogens is 459 g/mol. The first-order valence-corrected chi connectivity index (χ1v) is 10.9. The predicted octanol–water partition coefficient (Wildman–Crippen LogP) is 4.70. The molecule has 0 spiro atoms. The monoisotopic (exact) mass is 487 g/mol. The summed E-state index contributed by atoms with van der Waals surface area (Å²) in [6, 6.07) is 15.9. The van der Waals surface area contributed by atoms with Crippen LogP contribution in [0.2, 0.25) is 0 Å². The normalized spacial score (nSPS) is 12.0. The molecule has 186 valence electrons. The number of nitrogens with zero attached hydrogens (tertiary/aromatic N) is 3. The Balaban J connectivity index is 1.66. The topological polar surface area (TPSA) is 79.3 Å². The molecular formula is C25H28F3N5O2. The second-order valence-electron chi connectivity index (χ2n) is 9.22. The third-order valence-electron chi connectivity index (χ3n) is 5.08. The van der Waals surface area contributed by atoms with E-state index < -0.39 is 23.6 Å². The zero-order valence-electron chi connectivity index (χ0n) is 20.0. The standard InChI is InChI=1S/C25H28F3N5O2/c1-24(2,3)20-14-21(33(31-20)17-10-6-5-7-11-17)30-23(35)16-32(4)15-22(34)29-19-13-9-8-12-18(19)25(26,27)28/h5-14H,15-16H2,1-4H3,(H,29,34)(H,30,35). The van der Waals surface area contributed by atoms with Gasteiger partial charge in [0.25, 0.3) is 0 Å². The number of carbonyl (C=O) groups is 2. The molecule has 35 heavy (non-hydrogen) atoms. The highest BCUT2D eigenvalue weighted by molar-refractivity contribution is 5.95. The van der Waals surface area contributed by atoms with E-state index in [4.69, 9.17) is 0 Å². The Hall–Kier alpha value is -3.66. The third kappa shape index (κ3) is 6.92. The summed E-state index contributed by atoms with van der Waals surface area (Å²) in [5, 5.41) is 9.74. The van der Waals surface area contributed by atoms with Gasteiger partial charge in [-0.2, -0.15) is 18.3 Å². The lowest BCUT2D eigenvalue weighted by molar-refractivity contribution is -0.137. The minimum absolute atomic E-state index is 0.154. The third-order valence-corrected chi connectivity index (χ3v) is 5.08. The maximum atomic E-state index is 13.1. The van der Waals surface area contributed by atoms with Crippen LogP contribution in [0.5, 0.6) is 0 Å². The number of para-hydroxylation sites is 2. The number of rotatable bonds is 7. The van der Waals surface area contributed by atoms with Crippen LogP contribution in [0.1, 0.15) is 32.0 Å². The van der Waals surface area contributed by atoms with Gasteiger partial charge in [0.1, 0.15) is 5.82 Å². The Bertz CT molecular complexity index is 1180. The van der Waals surface area contributed by atoms with E-state index in [1.54, 1.807) is 10.7 Å². The van der Waals surface area contributed by atoms with E-state index >= 15 is 0 Å². The quantitative estimate of drug-likeness (QED) is 0.507. The molecule has 0 aliphatic rings. The van der Waals surface area contributed by atoms with Gasteiger partial charge in [-0.3, -0.25) is 14.5 Å². The van der Waals surface area contributed by atoms with Crippen molar-refractivity contribution in [3.8, 4) is 5.69 Å². The molecule has 0 aliphatic heterocycles. The maximum absolute atomic E-state index is 13.1. The number of benzene rings is 2. The minimum Gasteiger partial charge on any atom is -0.324 e. The van der Waals surface area contributed by atoms with Crippen molar-refractivity contribution in [3.63, 3.8) is 0 Å². The smallest absolute Gasteiger partial charge is 0.324 e. The molecule has 0 bridgehead atoms. The Morgan fingerprint density at radius 2 is 1.49 bits per heavy atom. The van der Waals surface area contributed by atoms with Crippen molar-refractivity contribution < 1.29 is 22.8 Å². The van der Waals surface area contributed by atoms with Crippen LogP contribution in [0.4, 0.5) is 24.7 Å². The van der Waals surface area contributed by atoms with E-state index in [0.717, 1.165) is 17.4 Å². The highest BCUT2D eigenvalue weighted by Crippen LogP contribution is 2.34. The average molecular weight is 488 g/mol. The van der Waals surface area contributed by atoms with E-state index in [9.17, 15) is 22.8 Å². The number of likely N-dealkylation sites (N-methyl/N-ethyl adjacent to an activating group) is 1. The Labute approximate surface area is 201 Å². The molecule has 10 heteroatoms. The summed E-state index contributed by atoms with van der Waals surface area (Å²) in [6.07, 6.45) is -4.59. The summed E-state index contributed by atoms with van der Waals surface area (Å²) in [6.45, 7) is 5.61. The number of hydrogen-bond acceptors (Lipinski definition) is 4. The summed E-state index contributed by atoms with van der Waals surface area (Å²) in [5.74, 6) is -0.585. The van der Waals surface area contributed by atoms with Crippen LogP contribution in [0.15, 0.2) is 60.7 Å². The molecule has 3 rings (SSSR count). The van der Waals surface area contributed by atoms with Gasteiger partial charge in [-0.25, -0.2) is 4.68 Å². The van der Waals surface area contributed by atoms with E-state index in [1.165, 1.54) is 30.1 Å². The molecule has 3 aromatic rings. The second kappa shape index (κ2) is 10.3. The molecule has 7 nitrogen and oxygen atoms in total. The number of nitrogens with one attached hydrogen (secondary N) is 2. The fraction of sp³-hybridized carbons (Fsp3) is 0.320. The Kier molecular flexibility index (Phi) is 7.64. The Morgan fingerprint density at radius 3 is 2.09 bits per heavy atom. The van der Waals surface area contributed by atoms with E-state index in [2.05, 4.69) is 15.7 Å². The van der Waals surface area contributed by atoms with Crippen molar-refractivity contribution in [2.75, 3.05) is 30.8 Å². The lowest BCUT2D eigenvalue weighted by Gasteiger charge is -2.18. The first-order valence-electron chi connectivity index (χ1n) is 10.9. The molecule has 0 aliphatic carbocycles. The van der Waals surface area contributed by atoms with Gasteiger partial charge in [0.05, 0.1) is 35.7 Å². The summed E-state index contributed by atoms with van der Waals surface area (Å²) >= 11 is 0. The molecule has 0 unspecified atom stereocenters. The predicted molar refractivity (Wildman–Crippen MR) is 128 cm³/mol. The molecule has 0 saturated carbocycles. The molecule has 2 amide bonds. The molecule has 1 aromatic heterocycles. The van der Waals surface area contributed by atoms with Crippen molar-refractivity contribution >= 4 is 23.3 Å². The van der Waals surface area contributed by atoms with Gasteiger partial charge in [-0.15, -0.1) is 0 Å². The molecule has 0 fully saturated rings. The van der Waals surface area contributed by atoms with Gasteiger partial charge in [0.2, 0.25) is 11.8 Å². The van der Waals surface area contributed by atoms with Crippen molar-refractivity contribution in [1.82, 2.24) is 14.7 Å². The first kappa shape index (κ1) is 26.0. The molecule has 0 atom stereocenters. The molecule has 2 aromatic carbocycles. The van der Waals surface area contributed by atoms with E-state index in [-0.39, 0.29) is 24.2 Å². The van der Waals surface area contributed by atoms with Crippen LogP contribution < -0.4 is 10.6 Å². The summed E-state index contributed by atoms with van der Waals surface area (Å²) in [4.78, 5) is 26.5. The van der Waals surface area contributed by atoms with Gasteiger partial charge < -0.3 is 10.6 Å². The molecule has 0 radical (unpaired) electrons. The fourth-order valence-electron chi connectivity index (χ4n) is 3.36. The number of carbonyl (C=O) groups excluding carboxylic acids is 2. The number of halogens is 3. The fourth-order valence-corrected chi connectivity index (χ4v) is 3.36. The van der Waals surface area contributed by atoms with E-state index in [1.807, 2.05) is 51.1 Å².